The number of allylic oxidation sites excluding steroid dienone is 4. The molecule has 3 aromatic carbocycles. The highest BCUT2D eigenvalue weighted by molar-refractivity contribution is 5.81. The zero-order valence-electron chi connectivity index (χ0n) is 26.0. The van der Waals surface area contributed by atoms with E-state index in [0.29, 0.717) is 11.8 Å². The first-order valence-corrected chi connectivity index (χ1v) is 14.9. The van der Waals surface area contributed by atoms with Gasteiger partial charge in [0.15, 0.2) is 0 Å². The summed E-state index contributed by atoms with van der Waals surface area (Å²) >= 11 is 0. The molecule has 0 saturated heterocycles. The molecule has 0 amide bonds. The summed E-state index contributed by atoms with van der Waals surface area (Å²) in [6.07, 6.45) is 4.73. The maximum Gasteiger partial charge on any atom is 0.0173 e. The molecule has 2 aliphatic rings. The SMILES string of the molecule is CC1=C(C(Cc2ccccc2)C2c3ccc(C(C)(C)C)cc3-c3cc(C(C)(C)C)ccc32)C=C(C(C)(C)C)C1. The molecule has 0 saturated carbocycles. The lowest BCUT2D eigenvalue weighted by atomic mass is 9.74. The van der Waals surface area contributed by atoms with Crippen molar-refractivity contribution < 1.29 is 0 Å². The average molecular weight is 517 g/mol. The van der Waals surface area contributed by atoms with E-state index in [2.05, 4.69) is 142 Å². The van der Waals surface area contributed by atoms with Crippen LogP contribution in [0, 0.1) is 11.3 Å². The summed E-state index contributed by atoms with van der Waals surface area (Å²) in [5.41, 5.74) is 15.3. The third-order valence-corrected chi connectivity index (χ3v) is 9.14. The van der Waals surface area contributed by atoms with E-state index in [1.165, 1.54) is 38.9 Å². The molecule has 0 spiro atoms. The fourth-order valence-corrected chi connectivity index (χ4v) is 6.59. The topological polar surface area (TPSA) is 0 Å². The highest BCUT2D eigenvalue weighted by Crippen LogP contribution is 2.54. The Hall–Kier alpha value is -2.86. The molecule has 0 heterocycles. The van der Waals surface area contributed by atoms with Gasteiger partial charge in [0.25, 0.3) is 0 Å². The second-order valence-electron chi connectivity index (χ2n) is 15.2. The normalized spacial score (nSPS) is 16.8. The summed E-state index contributed by atoms with van der Waals surface area (Å²) in [5, 5.41) is 0. The van der Waals surface area contributed by atoms with Crippen molar-refractivity contribution in [3.63, 3.8) is 0 Å². The predicted octanol–water partition coefficient (Wildman–Crippen LogP) is 10.9. The molecule has 0 aromatic heterocycles. The largest absolute Gasteiger partial charge is 0.0657 e. The molecule has 204 valence electrons. The number of benzene rings is 3. The van der Waals surface area contributed by atoms with Crippen LogP contribution in [-0.4, -0.2) is 0 Å². The van der Waals surface area contributed by atoms with Crippen molar-refractivity contribution in [3.05, 3.63) is 117 Å². The summed E-state index contributed by atoms with van der Waals surface area (Å²) in [5.74, 6) is 0.743. The smallest absolute Gasteiger partial charge is 0.0173 e. The molecule has 1 unspecified atom stereocenters. The minimum Gasteiger partial charge on any atom is -0.0657 e. The van der Waals surface area contributed by atoms with Crippen molar-refractivity contribution in [2.75, 3.05) is 0 Å². The third kappa shape index (κ3) is 5.32. The van der Waals surface area contributed by atoms with Crippen LogP contribution in [0.15, 0.2) is 89.5 Å². The third-order valence-electron chi connectivity index (χ3n) is 9.14. The zero-order valence-corrected chi connectivity index (χ0v) is 26.0. The fourth-order valence-electron chi connectivity index (χ4n) is 6.59. The van der Waals surface area contributed by atoms with Crippen LogP contribution in [0.3, 0.4) is 0 Å². The van der Waals surface area contributed by atoms with E-state index in [1.807, 2.05) is 0 Å². The van der Waals surface area contributed by atoms with Crippen molar-refractivity contribution in [3.8, 4) is 11.1 Å². The predicted molar refractivity (Wildman–Crippen MR) is 170 cm³/mol. The number of fused-ring (bicyclic) bond motifs is 3. The van der Waals surface area contributed by atoms with E-state index in [9.17, 15) is 0 Å². The molecule has 0 N–H and O–H groups in total. The monoisotopic (exact) mass is 516 g/mol. The van der Waals surface area contributed by atoms with E-state index in [1.54, 1.807) is 16.7 Å². The summed E-state index contributed by atoms with van der Waals surface area (Å²) in [6, 6.07) is 25.9. The van der Waals surface area contributed by atoms with Gasteiger partial charge in [0.05, 0.1) is 0 Å². The molecule has 2 aliphatic carbocycles. The minimum absolute atomic E-state index is 0.118. The van der Waals surface area contributed by atoms with Gasteiger partial charge in [0.2, 0.25) is 0 Å². The molecule has 39 heavy (non-hydrogen) atoms. The minimum atomic E-state index is 0.118. The Kier molecular flexibility index (Phi) is 6.85. The van der Waals surface area contributed by atoms with Gasteiger partial charge < -0.3 is 0 Å². The Morgan fingerprint density at radius 3 is 1.62 bits per heavy atom. The van der Waals surface area contributed by atoms with E-state index in [4.69, 9.17) is 0 Å². The lowest BCUT2D eigenvalue weighted by Crippen LogP contribution is -2.18. The molecule has 5 rings (SSSR count). The van der Waals surface area contributed by atoms with Crippen LogP contribution in [0.1, 0.15) is 109 Å². The molecule has 0 heteroatoms. The van der Waals surface area contributed by atoms with Crippen LogP contribution in [0.25, 0.3) is 11.1 Å². The van der Waals surface area contributed by atoms with Gasteiger partial charge in [0.1, 0.15) is 0 Å². The molecule has 0 fully saturated rings. The Morgan fingerprint density at radius 2 is 1.18 bits per heavy atom. The maximum atomic E-state index is 2.58. The quantitative estimate of drug-likeness (QED) is 0.323. The van der Waals surface area contributed by atoms with Gasteiger partial charge in [-0.3, -0.25) is 0 Å². The van der Waals surface area contributed by atoms with Crippen molar-refractivity contribution in [2.45, 2.75) is 98.8 Å². The van der Waals surface area contributed by atoms with Crippen molar-refractivity contribution in [1.29, 1.82) is 0 Å². The van der Waals surface area contributed by atoms with Gasteiger partial charge in [-0.2, -0.15) is 0 Å². The molecular weight excluding hydrogens is 468 g/mol. The highest BCUT2D eigenvalue weighted by atomic mass is 14.4. The van der Waals surface area contributed by atoms with E-state index in [-0.39, 0.29) is 16.2 Å². The molecule has 0 aliphatic heterocycles. The fraction of sp³-hybridized carbons (Fsp3) is 0.436. The van der Waals surface area contributed by atoms with E-state index >= 15 is 0 Å². The lowest BCUT2D eigenvalue weighted by molar-refractivity contribution is 0.494. The van der Waals surface area contributed by atoms with Gasteiger partial charge in [-0.1, -0.05) is 146 Å². The Bertz CT molecular complexity index is 1380. The average Bonchev–Trinajstić information content (AvgIpc) is 3.39. The second-order valence-corrected chi connectivity index (χ2v) is 15.2. The van der Waals surface area contributed by atoms with Crippen LogP contribution < -0.4 is 0 Å². The standard InChI is InChI=1S/C39H48/c1-25-20-29(39(8,9)10)24-32(25)35(21-26-14-12-11-13-15-26)36-30-18-16-27(37(2,3)4)22-33(30)34-23-28(38(5,6)7)17-19-31(34)36/h11-19,22-24,35-36H,20-21H2,1-10H3. The Morgan fingerprint density at radius 1 is 0.667 bits per heavy atom. The summed E-state index contributed by atoms with van der Waals surface area (Å²) in [6.45, 7) is 23.5. The second kappa shape index (κ2) is 9.65. The van der Waals surface area contributed by atoms with Gasteiger partial charge in [-0.25, -0.2) is 0 Å². The first-order chi connectivity index (χ1) is 18.1. The van der Waals surface area contributed by atoms with Gasteiger partial charge in [-0.05, 0) is 86.4 Å². The summed E-state index contributed by atoms with van der Waals surface area (Å²) < 4.78 is 0. The number of rotatable bonds is 4. The van der Waals surface area contributed by atoms with Gasteiger partial charge >= 0.3 is 0 Å². The number of hydrogen-bond acceptors (Lipinski definition) is 0. The summed E-state index contributed by atoms with van der Waals surface area (Å²) in [4.78, 5) is 0. The maximum absolute atomic E-state index is 2.58. The zero-order chi connectivity index (χ0) is 28.3. The molecule has 0 bridgehead atoms. The highest BCUT2D eigenvalue weighted by Gasteiger charge is 2.39. The van der Waals surface area contributed by atoms with Crippen molar-refractivity contribution in [2.24, 2.45) is 11.3 Å². The Balaban J connectivity index is 1.74. The molecule has 3 aromatic rings. The molecule has 1 atom stereocenters. The van der Waals surface area contributed by atoms with Crippen LogP contribution in [-0.2, 0) is 17.3 Å². The van der Waals surface area contributed by atoms with Crippen LogP contribution in [0.4, 0.5) is 0 Å². The van der Waals surface area contributed by atoms with Gasteiger partial charge in [0, 0.05) is 5.92 Å². The number of hydrogen-bond donors (Lipinski definition) is 0. The van der Waals surface area contributed by atoms with Crippen LogP contribution in [0.5, 0.6) is 0 Å². The van der Waals surface area contributed by atoms with Crippen LogP contribution >= 0.6 is 0 Å². The van der Waals surface area contributed by atoms with E-state index in [0.717, 1.165) is 12.8 Å². The Labute approximate surface area is 238 Å². The van der Waals surface area contributed by atoms with E-state index < -0.39 is 0 Å². The van der Waals surface area contributed by atoms with Gasteiger partial charge in [-0.15, -0.1) is 0 Å². The molecular formula is C39H48. The first kappa shape index (κ1) is 27.7. The molecule has 0 radical (unpaired) electrons. The first-order valence-electron chi connectivity index (χ1n) is 14.9. The van der Waals surface area contributed by atoms with Crippen LogP contribution in [0.2, 0.25) is 0 Å². The van der Waals surface area contributed by atoms with Crippen molar-refractivity contribution >= 4 is 0 Å². The van der Waals surface area contributed by atoms with Crippen molar-refractivity contribution in [1.82, 2.24) is 0 Å². The molecule has 0 nitrogen and oxygen atoms in total. The lowest BCUT2D eigenvalue weighted by Gasteiger charge is -2.29. The summed E-state index contributed by atoms with van der Waals surface area (Å²) in [7, 11) is 0.